The highest BCUT2D eigenvalue weighted by atomic mass is 35.5. The summed E-state index contributed by atoms with van der Waals surface area (Å²) in [5.74, 6) is 0. The van der Waals surface area contributed by atoms with Gasteiger partial charge in [0, 0.05) is 11.9 Å². The van der Waals surface area contributed by atoms with Crippen LogP contribution in [0, 0.1) is 0 Å². The highest BCUT2D eigenvalue weighted by molar-refractivity contribution is 6.31. The van der Waals surface area contributed by atoms with E-state index in [9.17, 15) is 18.0 Å². The van der Waals surface area contributed by atoms with Crippen LogP contribution in [0.15, 0.2) is 30.0 Å². The molecule has 1 fully saturated rings. The Labute approximate surface area is 130 Å². The van der Waals surface area contributed by atoms with E-state index in [1.807, 2.05) is 0 Å². The normalized spacial score (nSPS) is 15.4. The number of benzene rings is 1. The SMILES string of the molecule is O=C(NC=C1CCOCC1)Nc1ccc(Cl)c(C(F)(F)F)c1. The number of rotatable bonds is 2. The van der Waals surface area contributed by atoms with Crippen LogP contribution in [0.1, 0.15) is 18.4 Å². The van der Waals surface area contributed by atoms with Crippen LogP contribution in [0.2, 0.25) is 5.02 Å². The van der Waals surface area contributed by atoms with Gasteiger partial charge in [0.25, 0.3) is 0 Å². The van der Waals surface area contributed by atoms with Crippen LogP contribution in [0.4, 0.5) is 23.7 Å². The molecule has 1 aromatic rings. The first-order valence-corrected chi connectivity index (χ1v) is 6.94. The van der Waals surface area contributed by atoms with Crippen molar-refractivity contribution in [1.82, 2.24) is 5.32 Å². The van der Waals surface area contributed by atoms with Gasteiger partial charge < -0.3 is 15.4 Å². The van der Waals surface area contributed by atoms with Crippen LogP contribution in [-0.2, 0) is 10.9 Å². The van der Waals surface area contributed by atoms with E-state index in [-0.39, 0.29) is 5.69 Å². The van der Waals surface area contributed by atoms with E-state index in [4.69, 9.17) is 16.3 Å². The minimum Gasteiger partial charge on any atom is -0.381 e. The fraction of sp³-hybridized carbons (Fsp3) is 0.357. The molecule has 0 bridgehead atoms. The molecule has 2 amide bonds. The monoisotopic (exact) mass is 334 g/mol. The zero-order valence-corrected chi connectivity index (χ0v) is 12.2. The molecule has 0 saturated carbocycles. The maximum Gasteiger partial charge on any atom is 0.417 e. The van der Waals surface area contributed by atoms with Crippen molar-refractivity contribution in [2.75, 3.05) is 18.5 Å². The van der Waals surface area contributed by atoms with E-state index in [1.54, 1.807) is 6.20 Å². The molecule has 22 heavy (non-hydrogen) atoms. The van der Waals surface area contributed by atoms with Crippen LogP contribution >= 0.6 is 11.6 Å². The number of halogens is 4. The third kappa shape index (κ3) is 4.64. The Morgan fingerprint density at radius 2 is 1.95 bits per heavy atom. The lowest BCUT2D eigenvalue weighted by atomic mass is 10.1. The lowest BCUT2D eigenvalue weighted by Crippen LogP contribution is -2.25. The molecular weight excluding hydrogens is 321 g/mol. The number of urea groups is 1. The van der Waals surface area contributed by atoms with Crippen molar-refractivity contribution in [2.24, 2.45) is 0 Å². The van der Waals surface area contributed by atoms with Gasteiger partial charge in [-0.15, -0.1) is 0 Å². The number of ether oxygens (including phenoxy) is 1. The first kappa shape index (κ1) is 16.6. The minimum absolute atomic E-state index is 0.0135. The lowest BCUT2D eigenvalue weighted by Gasteiger charge is -2.15. The number of nitrogens with one attached hydrogen (secondary N) is 2. The summed E-state index contributed by atoms with van der Waals surface area (Å²) in [4.78, 5) is 11.7. The van der Waals surface area contributed by atoms with Gasteiger partial charge in [0.1, 0.15) is 0 Å². The molecule has 120 valence electrons. The number of amides is 2. The molecule has 0 unspecified atom stereocenters. The van der Waals surface area contributed by atoms with E-state index >= 15 is 0 Å². The number of carbonyl (C=O) groups is 1. The summed E-state index contributed by atoms with van der Waals surface area (Å²) in [6.45, 7) is 1.20. The highest BCUT2D eigenvalue weighted by Gasteiger charge is 2.33. The summed E-state index contributed by atoms with van der Waals surface area (Å²) in [5.41, 5.74) is 0.0443. The van der Waals surface area contributed by atoms with Gasteiger partial charge in [0.15, 0.2) is 0 Å². The summed E-state index contributed by atoms with van der Waals surface area (Å²) in [6.07, 6.45) is -1.58. The molecule has 1 aromatic carbocycles. The van der Waals surface area contributed by atoms with E-state index in [0.717, 1.165) is 30.5 Å². The van der Waals surface area contributed by atoms with Gasteiger partial charge in [0.2, 0.25) is 0 Å². The molecule has 0 aliphatic carbocycles. The molecule has 0 aromatic heterocycles. The maximum absolute atomic E-state index is 12.7. The molecule has 1 aliphatic heterocycles. The molecule has 2 N–H and O–H groups in total. The Morgan fingerprint density at radius 1 is 1.27 bits per heavy atom. The largest absolute Gasteiger partial charge is 0.417 e. The lowest BCUT2D eigenvalue weighted by molar-refractivity contribution is -0.137. The molecule has 0 spiro atoms. The summed E-state index contributed by atoms with van der Waals surface area (Å²) < 4.78 is 43.3. The third-order valence-electron chi connectivity index (χ3n) is 3.07. The summed E-state index contributed by atoms with van der Waals surface area (Å²) in [6, 6.07) is 2.58. The van der Waals surface area contributed by atoms with Crippen molar-refractivity contribution >= 4 is 23.3 Å². The summed E-state index contributed by atoms with van der Waals surface area (Å²) >= 11 is 5.51. The van der Waals surface area contributed by atoms with Crippen molar-refractivity contribution in [2.45, 2.75) is 19.0 Å². The van der Waals surface area contributed by atoms with Gasteiger partial charge in [-0.3, -0.25) is 0 Å². The first-order valence-electron chi connectivity index (χ1n) is 6.56. The van der Waals surface area contributed by atoms with Gasteiger partial charge in [-0.1, -0.05) is 11.6 Å². The average Bonchev–Trinajstić information content (AvgIpc) is 2.47. The quantitative estimate of drug-likeness (QED) is 0.852. The number of carbonyl (C=O) groups excluding carboxylic acids is 1. The molecule has 1 saturated heterocycles. The van der Waals surface area contributed by atoms with Crippen LogP contribution < -0.4 is 10.6 Å². The van der Waals surface area contributed by atoms with E-state index in [0.29, 0.717) is 13.2 Å². The molecule has 1 aliphatic rings. The zero-order valence-electron chi connectivity index (χ0n) is 11.5. The van der Waals surface area contributed by atoms with Crippen molar-refractivity contribution in [3.8, 4) is 0 Å². The number of anilines is 1. The Morgan fingerprint density at radius 3 is 2.59 bits per heavy atom. The smallest absolute Gasteiger partial charge is 0.381 e. The second-order valence-electron chi connectivity index (χ2n) is 4.71. The van der Waals surface area contributed by atoms with Crippen molar-refractivity contribution in [3.63, 3.8) is 0 Å². The topological polar surface area (TPSA) is 50.4 Å². The molecule has 2 rings (SSSR count). The zero-order chi connectivity index (χ0) is 16.2. The molecule has 0 atom stereocenters. The number of alkyl halides is 3. The molecule has 4 nitrogen and oxygen atoms in total. The van der Waals surface area contributed by atoms with Crippen LogP contribution in [0.3, 0.4) is 0 Å². The van der Waals surface area contributed by atoms with Crippen molar-refractivity contribution in [1.29, 1.82) is 0 Å². The van der Waals surface area contributed by atoms with Crippen molar-refractivity contribution in [3.05, 3.63) is 40.6 Å². The Hall–Kier alpha value is -1.73. The molecule has 0 radical (unpaired) electrons. The minimum atomic E-state index is -4.57. The number of hydrogen-bond acceptors (Lipinski definition) is 2. The van der Waals surface area contributed by atoms with Crippen molar-refractivity contribution < 1.29 is 22.7 Å². The Bertz CT molecular complexity index is 580. The van der Waals surface area contributed by atoms with Gasteiger partial charge in [-0.2, -0.15) is 13.2 Å². The average molecular weight is 335 g/mol. The Balaban J connectivity index is 1.99. The second-order valence-corrected chi connectivity index (χ2v) is 5.11. The Kier molecular flexibility index (Phi) is 5.31. The van der Waals surface area contributed by atoms with E-state index < -0.39 is 22.8 Å². The second kappa shape index (κ2) is 7.02. The van der Waals surface area contributed by atoms with Gasteiger partial charge >= 0.3 is 12.2 Å². The molecular formula is C14H14ClF3N2O2. The fourth-order valence-corrected chi connectivity index (χ4v) is 2.16. The predicted octanol–water partition coefficient (Wildman–Crippen LogP) is 4.17. The standard InChI is InChI=1S/C14H14ClF3N2O2/c15-12-2-1-10(7-11(12)14(16,17)18)20-13(21)19-8-9-3-5-22-6-4-9/h1-2,7-8H,3-6H2,(H2,19,20,21). The van der Waals surface area contributed by atoms with Gasteiger partial charge in [0.05, 0.1) is 23.8 Å². The summed E-state index contributed by atoms with van der Waals surface area (Å²) in [7, 11) is 0. The number of hydrogen-bond donors (Lipinski definition) is 2. The first-order chi connectivity index (χ1) is 10.4. The molecule has 1 heterocycles. The van der Waals surface area contributed by atoms with E-state index in [1.165, 1.54) is 6.07 Å². The van der Waals surface area contributed by atoms with Gasteiger partial charge in [-0.05, 0) is 36.6 Å². The van der Waals surface area contributed by atoms with Crippen LogP contribution in [0.5, 0.6) is 0 Å². The summed E-state index contributed by atoms with van der Waals surface area (Å²) in [5, 5.41) is 4.41. The predicted molar refractivity (Wildman–Crippen MR) is 76.7 cm³/mol. The van der Waals surface area contributed by atoms with Crippen LogP contribution in [0.25, 0.3) is 0 Å². The van der Waals surface area contributed by atoms with Gasteiger partial charge in [-0.25, -0.2) is 4.79 Å². The fourth-order valence-electron chi connectivity index (χ4n) is 1.93. The highest BCUT2D eigenvalue weighted by Crippen LogP contribution is 2.36. The molecule has 8 heteroatoms. The van der Waals surface area contributed by atoms with Crippen LogP contribution in [-0.4, -0.2) is 19.2 Å². The van der Waals surface area contributed by atoms with E-state index in [2.05, 4.69) is 10.6 Å². The maximum atomic E-state index is 12.7. The third-order valence-corrected chi connectivity index (χ3v) is 3.40.